The van der Waals surface area contributed by atoms with E-state index in [0.717, 1.165) is 12.0 Å². The summed E-state index contributed by atoms with van der Waals surface area (Å²) in [6, 6.07) is 3.59. The van der Waals surface area contributed by atoms with Gasteiger partial charge in [0.2, 0.25) is 0 Å². The lowest BCUT2D eigenvalue weighted by Gasteiger charge is -2.35. The van der Waals surface area contributed by atoms with E-state index in [1.165, 1.54) is 7.11 Å². The number of nitrogens with one attached hydrogen (secondary N) is 1. The number of rotatable bonds is 3. The van der Waals surface area contributed by atoms with E-state index < -0.39 is 5.54 Å². The summed E-state index contributed by atoms with van der Waals surface area (Å²) in [5.74, 6) is -0.0276. The Morgan fingerprint density at radius 1 is 1.53 bits per heavy atom. The smallest absolute Gasteiger partial charge is 0.330 e. The van der Waals surface area contributed by atoms with Gasteiger partial charge in [-0.05, 0) is 31.9 Å². The topological polar surface area (TPSA) is 67.8 Å². The fourth-order valence-electron chi connectivity index (χ4n) is 2.53. The summed E-state index contributed by atoms with van der Waals surface area (Å²) >= 11 is 0. The van der Waals surface area contributed by atoms with Crippen LogP contribution in [0, 0.1) is 0 Å². The predicted octanol–water partition coefficient (Wildman–Crippen LogP) is 1.32. The zero-order chi connectivity index (χ0) is 14.0. The van der Waals surface area contributed by atoms with Crippen LogP contribution < -0.4 is 10.1 Å². The molecule has 0 radical (unpaired) electrons. The van der Waals surface area contributed by atoms with Crippen LogP contribution in [-0.2, 0) is 21.5 Å². The normalized spacial score (nSPS) is 21.6. The quantitative estimate of drug-likeness (QED) is 0.807. The number of methoxy groups -OCH3 is 1. The second-order valence-electron chi connectivity index (χ2n) is 4.67. The number of benzene rings is 1. The highest BCUT2D eigenvalue weighted by atomic mass is 16.5. The van der Waals surface area contributed by atoms with Gasteiger partial charge in [0.1, 0.15) is 5.54 Å². The van der Waals surface area contributed by atoms with Crippen LogP contribution in [0.2, 0.25) is 0 Å². The second-order valence-corrected chi connectivity index (χ2v) is 4.67. The molecule has 1 heterocycles. The van der Waals surface area contributed by atoms with Crippen LogP contribution in [0.5, 0.6) is 11.5 Å². The van der Waals surface area contributed by atoms with Gasteiger partial charge in [-0.3, -0.25) is 5.32 Å². The van der Waals surface area contributed by atoms with Crippen LogP contribution in [0.25, 0.3) is 0 Å². The van der Waals surface area contributed by atoms with E-state index in [1.54, 1.807) is 19.9 Å². The van der Waals surface area contributed by atoms with Crippen molar-refractivity contribution in [1.29, 1.82) is 0 Å². The van der Waals surface area contributed by atoms with Gasteiger partial charge >= 0.3 is 5.97 Å². The highest BCUT2D eigenvalue weighted by molar-refractivity contribution is 5.85. The van der Waals surface area contributed by atoms with E-state index >= 15 is 0 Å². The molecule has 5 nitrogen and oxygen atoms in total. The number of phenols is 1. The molecule has 5 heteroatoms. The van der Waals surface area contributed by atoms with Crippen molar-refractivity contribution in [2.75, 3.05) is 20.3 Å². The molecule has 104 valence electrons. The van der Waals surface area contributed by atoms with Gasteiger partial charge in [0, 0.05) is 12.1 Å². The summed E-state index contributed by atoms with van der Waals surface area (Å²) in [5.41, 5.74) is 0.450. The van der Waals surface area contributed by atoms with E-state index in [0.29, 0.717) is 24.5 Å². The number of aromatic hydroxyl groups is 1. The zero-order valence-corrected chi connectivity index (χ0v) is 11.4. The second kappa shape index (κ2) is 5.09. The maximum absolute atomic E-state index is 12.2. The first-order valence-corrected chi connectivity index (χ1v) is 6.36. The van der Waals surface area contributed by atoms with Crippen molar-refractivity contribution in [2.24, 2.45) is 0 Å². The van der Waals surface area contributed by atoms with Gasteiger partial charge in [-0.15, -0.1) is 0 Å². The number of phenolic OH excluding ortho intramolecular Hbond substituents is 1. The average molecular weight is 265 g/mol. The van der Waals surface area contributed by atoms with Crippen molar-refractivity contribution in [3.05, 3.63) is 23.3 Å². The Hall–Kier alpha value is -1.75. The standard InChI is InChI=1S/C14H19NO4/c1-4-19-13(17)14(2)11-9(7-8-15-14)5-6-10(18-3)12(11)16/h5-6,15-16H,4,7-8H2,1-3H3. The molecule has 2 rings (SSSR count). The largest absolute Gasteiger partial charge is 0.504 e. The Kier molecular flexibility index (Phi) is 3.66. The third-order valence-corrected chi connectivity index (χ3v) is 3.50. The summed E-state index contributed by atoms with van der Waals surface area (Å²) in [7, 11) is 1.49. The van der Waals surface area contributed by atoms with Crippen molar-refractivity contribution in [1.82, 2.24) is 5.32 Å². The summed E-state index contributed by atoms with van der Waals surface area (Å²) in [5, 5.41) is 13.5. The molecule has 19 heavy (non-hydrogen) atoms. The number of hydrogen-bond acceptors (Lipinski definition) is 5. The molecule has 2 N–H and O–H groups in total. The molecule has 0 aliphatic carbocycles. The van der Waals surface area contributed by atoms with Gasteiger partial charge in [0.15, 0.2) is 11.5 Å². The summed E-state index contributed by atoms with van der Waals surface area (Å²) in [6.45, 7) is 4.45. The molecule has 0 spiro atoms. The maximum Gasteiger partial charge on any atom is 0.330 e. The summed E-state index contributed by atoms with van der Waals surface area (Å²) in [4.78, 5) is 12.2. The summed E-state index contributed by atoms with van der Waals surface area (Å²) in [6.07, 6.45) is 0.752. The van der Waals surface area contributed by atoms with Crippen molar-refractivity contribution < 1.29 is 19.4 Å². The summed E-state index contributed by atoms with van der Waals surface area (Å²) < 4.78 is 10.2. The molecule has 1 unspecified atom stereocenters. The van der Waals surface area contributed by atoms with Crippen molar-refractivity contribution in [3.63, 3.8) is 0 Å². The first-order chi connectivity index (χ1) is 9.04. The maximum atomic E-state index is 12.2. The predicted molar refractivity (Wildman–Crippen MR) is 70.4 cm³/mol. The van der Waals surface area contributed by atoms with Gasteiger partial charge in [-0.1, -0.05) is 6.07 Å². The third-order valence-electron chi connectivity index (χ3n) is 3.50. The van der Waals surface area contributed by atoms with E-state index in [9.17, 15) is 9.90 Å². The highest BCUT2D eigenvalue weighted by Gasteiger charge is 2.43. The van der Waals surface area contributed by atoms with Gasteiger partial charge in [-0.25, -0.2) is 4.79 Å². The number of hydrogen-bond donors (Lipinski definition) is 2. The number of carbonyl (C=O) groups is 1. The van der Waals surface area contributed by atoms with Crippen LogP contribution in [0.4, 0.5) is 0 Å². The molecule has 1 atom stereocenters. The first kappa shape index (κ1) is 13.7. The molecule has 1 aromatic rings. The van der Waals surface area contributed by atoms with E-state index in [4.69, 9.17) is 9.47 Å². The highest BCUT2D eigenvalue weighted by Crippen LogP contribution is 2.41. The zero-order valence-electron chi connectivity index (χ0n) is 11.4. The number of fused-ring (bicyclic) bond motifs is 1. The Morgan fingerprint density at radius 3 is 2.89 bits per heavy atom. The van der Waals surface area contributed by atoms with E-state index in [2.05, 4.69) is 5.32 Å². The number of ether oxygens (including phenoxy) is 2. The molecular weight excluding hydrogens is 246 g/mol. The van der Waals surface area contributed by atoms with Crippen molar-refractivity contribution in [3.8, 4) is 11.5 Å². The molecule has 1 aliphatic heterocycles. The molecule has 0 aromatic heterocycles. The third kappa shape index (κ3) is 2.14. The fourth-order valence-corrected chi connectivity index (χ4v) is 2.53. The molecule has 0 saturated heterocycles. The lowest BCUT2D eigenvalue weighted by atomic mass is 9.82. The SMILES string of the molecule is CCOC(=O)C1(C)NCCc2ccc(OC)c(O)c21. The Balaban J connectivity index is 2.56. The molecule has 0 amide bonds. The Bertz CT molecular complexity index is 500. The monoisotopic (exact) mass is 265 g/mol. The van der Waals surface area contributed by atoms with E-state index in [1.807, 2.05) is 6.07 Å². The molecule has 0 bridgehead atoms. The van der Waals surface area contributed by atoms with Crippen LogP contribution in [0.1, 0.15) is 25.0 Å². The average Bonchev–Trinajstić information content (AvgIpc) is 2.39. The van der Waals surface area contributed by atoms with Crippen LogP contribution in [0.3, 0.4) is 0 Å². The lowest BCUT2D eigenvalue weighted by Crippen LogP contribution is -2.51. The number of carbonyl (C=O) groups excluding carboxylic acids is 1. The number of esters is 1. The minimum absolute atomic E-state index is 0.00255. The van der Waals surface area contributed by atoms with Crippen LogP contribution >= 0.6 is 0 Å². The van der Waals surface area contributed by atoms with Gasteiger partial charge in [0.25, 0.3) is 0 Å². The van der Waals surface area contributed by atoms with Crippen molar-refractivity contribution in [2.45, 2.75) is 25.8 Å². The minimum atomic E-state index is -1.04. The van der Waals surface area contributed by atoms with E-state index in [-0.39, 0.29) is 11.7 Å². The van der Waals surface area contributed by atoms with Crippen LogP contribution in [-0.4, -0.2) is 31.3 Å². The molecular formula is C14H19NO4. The minimum Gasteiger partial charge on any atom is -0.504 e. The van der Waals surface area contributed by atoms with Crippen LogP contribution in [0.15, 0.2) is 12.1 Å². The molecule has 0 fully saturated rings. The molecule has 1 aromatic carbocycles. The Labute approximate surface area is 112 Å². The molecule has 0 saturated carbocycles. The molecule has 1 aliphatic rings. The fraction of sp³-hybridized carbons (Fsp3) is 0.500. The van der Waals surface area contributed by atoms with Gasteiger partial charge < -0.3 is 14.6 Å². The first-order valence-electron chi connectivity index (χ1n) is 6.36. The van der Waals surface area contributed by atoms with Gasteiger partial charge in [-0.2, -0.15) is 0 Å². The lowest BCUT2D eigenvalue weighted by molar-refractivity contribution is -0.151. The van der Waals surface area contributed by atoms with Gasteiger partial charge in [0.05, 0.1) is 13.7 Å². The van der Waals surface area contributed by atoms with Crippen molar-refractivity contribution >= 4 is 5.97 Å². The Morgan fingerprint density at radius 2 is 2.26 bits per heavy atom.